The Morgan fingerprint density at radius 1 is 1.23 bits per heavy atom. The van der Waals surface area contributed by atoms with Crippen molar-refractivity contribution in [3.05, 3.63) is 51.9 Å². The first-order valence-electron chi connectivity index (χ1n) is 6.67. The molecule has 0 aliphatic rings. The van der Waals surface area contributed by atoms with Crippen LogP contribution in [0.2, 0.25) is 0 Å². The number of methoxy groups -OCH3 is 1. The molecule has 1 N–H and O–H groups in total. The third-order valence-corrected chi connectivity index (χ3v) is 2.74. The highest BCUT2D eigenvalue weighted by Gasteiger charge is 2.21. The van der Waals surface area contributed by atoms with Crippen molar-refractivity contribution >= 4 is 5.97 Å². The minimum Gasteiger partial charge on any atom is -0.481 e. The lowest BCUT2D eigenvalue weighted by molar-refractivity contribution is 0.0585. The SMILES string of the molecule is CCOc1nc(C(=O)OC)c(OCc2ccccc2)c(=O)[nH]1. The molecule has 0 radical (unpaired) electrons. The molecule has 1 aromatic heterocycles. The molecule has 0 saturated heterocycles. The van der Waals surface area contributed by atoms with E-state index in [-0.39, 0.29) is 24.1 Å². The quantitative estimate of drug-likeness (QED) is 0.814. The Labute approximate surface area is 126 Å². The number of esters is 1. The Balaban J connectivity index is 2.32. The van der Waals surface area contributed by atoms with Gasteiger partial charge < -0.3 is 14.2 Å². The van der Waals surface area contributed by atoms with E-state index in [2.05, 4.69) is 14.7 Å². The van der Waals surface area contributed by atoms with Gasteiger partial charge in [0.25, 0.3) is 11.6 Å². The summed E-state index contributed by atoms with van der Waals surface area (Å²) in [6.45, 7) is 2.16. The maximum Gasteiger partial charge on any atom is 0.360 e. The molecule has 7 heteroatoms. The van der Waals surface area contributed by atoms with Crippen molar-refractivity contribution < 1.29 is 19.0 Å². The third-order valence-electron chi connectivity index (χ3n) is 2.74. The highest BCUT2D eigenvalue weighted by Crippen LogP contribution is 2.16. The summed E-state index contributed by atoms with van der Waals surface area (Å²) in [5.74, 6) is -0.964. The molecule has 0 amide bonds. The van der Waals surface area contributed by atoms with Gasteiger partial charge in [0, 0.05) is 0 Å². The predicted molar refractivity (Wildman–Crippen MR) is 78.1 cm³/mol. The lowest BCUT2D eigenvalue weighted by Crippen LogP contribution is -2.20. The van der Waals surface area contributed by atoms with Crippen molar-refractivity contribution in [3.63, 3.8) is 0 Å². The molecule has 7 nitrogen and oxygen atoms in total. The van der Waals surface area contributed by atoms with Gasteiger partial charge in [-0.2, -0.15) is 4.98 Å². The van der Waals surface area contributed by atoms with Crippen LogP contribution in [0.25, 0.3) is 0 Å². The zero-order valence-corrected chi connectivity index (χ0v) is 12.3. The average Bonchev–Trinajstić information content (AvgIpc) is 2.54. The molecule has 1 aromatic carbocycles. The summed E-state index contributed by atoms with van der Waals surface area (Å²) >= 11 is 0. The summed E-state index contributed by atoms with van der Waals surface area (Å²) < 4.78 is 15.2. The molecule has 2 aromatic rings. The molecule has 0 fully saturated rings. The van der Waals surface area contributed by atoms with Crippen molar-refractivity contribution in [2.75, 3.05) is 13.7 Å². The van der Waals surface area contributed by atoms with Crippen LogP contribution >= 0.6 is 0 Å². The second-order valence-electron chi connectivity index (χ2n) is 4.25. The van der Waals surface area contributed by atoms with Crippen molar-refractivity contribution in [2.45, 2.75) is 13.5 Å². The molecule has 22 heavy (non-hydrogen) atoms. The monoisotopic (exact) mass is 304 g/mol. The van der Waals surface area contributed by atoms with E-state index in [0.29, 0.717) is 6.61 Å². The van der Waals surface area contributed by atoms with Crippen LogP contribution in [0.15, 0.2) is 35.1 Å². The van der Waals surface area contributed by atoms with E-state index < -0.39 is 11.5 Å². The van der Waals surface area contributed by atoms with Gasteiger partial charge in [0.1, 0.15) is 6.61 Å². The van der Waals surface area contributed by atoms with Crippen LogP contribution in [-0.2, 0) is 11.3 Å². The van der Waals surface area contributed by atoms with E-state index in [1.807, 2.05) is 30.3 Å². The van der Waals surface area contributed by atoms with Crippen molar-refractivity contribution in [1.29, 1.82) is 0 Å². The lowest BCUT2D eigenvalue weighted by atomic mass is 10.2. The van der Waals surface area contributed by atoms with E-state index in [1.165, 1.54) is 7.11 Å². The Morgan fingerprint density at radius 2 is 1.95 bits per heavy atom. The summed E-state index contributed by atoms with van der Waals surface area (Å²) in [4.78, 5) is 30.2. The number of hydrogen-bond donors (Lipinski definition) is 1. The topological polar surface area (TPSA) is 90.5 Å². The lowest BCUT2D eigenvalue weighted by Gasteiger charge is -2.10. The van der Waals surface area contributed by atoms with Crippen LogP contribution in [0.5, 0.6) is 11.8 Å². The number of ether oxygens (including phenoxy) is 3. The van der Waals surface area contributed by atoms with Crippen molar-refractivity contribution in [2.24, 2.45) is 0 Å². The van der Waals surface area contributed by atoms with Crippen LogP contribution in [0.1, 0.15) is 23.0 Å². The highest BCUT2D eigenvalue weighted by molar-refractivity contribution is 5.90. The molecule has 116 valence electrons. The molecule has 0 bridgehead atoms. The number of H-pyrrole nitrogens is 1. The van der Waals surface area contributed by atoms with Gasteiger partial charge in [-0.05, 0) is 12.5 Å². The maximum atomic E-state index is 12.1. The van der Waals surface area contributed by atoms with Gasteiger partial charge in [-0.1, -0.05) is 30.3 Å². The Bertz CT molecular complexity index is 697. The van der Waals surface area contributed by atoms with Gasteiger partial charge >= 0.3 is 5.97 Å². The zero-order valence-electron chi connectivity index (χ0n) is 12.3. The van der Waals surface area contributed by atoms with Gasteiger partial charge in [-0.15, -0.1) is 0 Å². The summed E-state index contributed by atoms with van der Waals surface area (Å²) in [7, 11) is 1.20. The molecule has 0 aliphatic carbocycles. The average molecular weight is 304 g/mol. The van der Waals surface area contributed by atoms with Crippen LogP contribution in [0.3, 0.4) is 0 Å². The van der Waals surface area contributed by atoms with Gasteiger partial charge in [-0.3, -0.25) is 9.78 Å². The van der Waals surface area contributed by atoms with E-state index in [1.54, 1.807) is 6.92 Å². The Morgan fingerprint density at radius 3 is 2.59 bits per heavy atom. The van der Waals surface area contributed by atoms with E-state index >= 15 is 0 Å². The third kappa shape index (κ3) is 3.63. The molecule has 0 unspecified atom stereocenters. The Hall–Kier alpha value is -2.83. The summed E-state index contributed by atoms with van der Waals surface area (Å²) in [6.07, 6.45) is 0. The van der Waals surface area contributed by atoms with Crippen LogP contribution < -0.4 is 15.0 Å². The first kappa shape index (κ1) is 15.6. The number of carbonyl (C=O) groups is 1. The molecule has 1 heterocycles. The second kappa shape index (κ2) is 7.26. The molecule has 0 saturated carbocycles. The number of nitrogens with one attached hydrogen (secondary N) is 1. The van der Waals surface area contributed by atoms with E-state index in [4.69, 9.17) is 9.47 Å². The highest BCUT2D eigenvalue weighted by atomic mass is 16.5. The number of aromatic amines is 1. The van der Waals surface area contributed by atoms with E-state index in [9.17, 15) is 9.59 Å². The fourth-order valence-corrected chi connectivity index (χ4v) is 1.75. The molecule has 2 rings (SSSR count). The smallest absolute Gasteiger partial charge is 0.360 e. The van der Waals surface area contributed by atoms with Gasteiger partial charge in [-0.25, -0.2) is 4.79 Å². The largest absolute Gasteiger partial charge is 0.481 e. The summed E-state index contributed by atoms with van der Waals surface area (Å²) in [6, 6.07) is 9.19. The standard InChI is InChI=1S/C15H16N2O5/c1-3-21-15-16-11(14(19)20-2)12(13(18)17-15)22-9-10-7-5-4-6-8-10/h4-8H,3,9H2,1-2H3,(H,16,17,18). The van der Waals surface area contributed by atoms with Crippen LogP contribution in [-0.4, -0.2) is 29.7 Å². The molecular weight excluding hydrogens is 288 g/mol. The minimum atomic E-state index is -0.768. The zero-order chi connectivity index (χ0) is 15.9. The van der Waals surface area contributed by atoms with E-state index in [0.717, 1.165) is 5.56 Å². The fraction of sp³-hybridized carbons (Fsp3) is 0.267. The van der Waals surface area contributed by atoms with Crippen molar-refractivity contribution in [3.8, 4) is 11.8 Å². The maximum absolute atomic E-state index is 12.1. The number of rotatable bonds is 6. The molecule has 0 spiro atoms. The normalized spacial score (nSPS) is 10.1. The number of nitrogens with zero attached hydrogens (tertiary/aromatic N) is 1. The van der Waals surface area contributed by atoms with Crippen LogP contribution in [0, 0.1) is 0 Å². The first-order chi connectivity index (χ1) is 10.7. The molecule has 0 atom stereocenters. The minimum absolute atomic E-state index is 0.0556. The number of carbonyl (C=O) groups excluding carboxylic acids is 1. The van der Waals surface area contributed by atoms with Gasteiger partial charge in [0.15, 0.2) is 0 Å². The second-order valence-corrected chi connectivity index (χ2v) is 4.25. The van der Waals surface area contributed by atoms with Gasteiger partial charge in [0.2, 0.25) is 11.4 Å². The summed E-state index contributed by atoms with van der Waals surface area (Å²) in [5.41, 5.74) is 0.0343. The number of aromatic nitrogens is 2. The molecular formula is C15H16N2O5. The van der Waals surface area contributed by atoms with Crippen molar-refractivity contribution in [1.82, 2.24) is 9.97 Å². The number of benzene rings is 1. The van der Waals surface area contributed by atoms with Crippen LogP contribution in [0.4, 0.5) is 0 Å². The summed E-state index contributed by atoms with van der Waals surface area (Å²) in [5, 5.41) is 0. The number of hydrogen-bond acceptors (Lipinski definition) is 6. The predicted octanol–water partition coefficient (Wildman–Crippen LogP) is 1.53. The molecule has 0 aliphatic heterocycles. The van der Waals surface area contributed by atoms with Gasteiger partial charge in [0.05, 0.1) is 13.7 Å². The fourth-order valence-electron chi connectivity index (χ4n) is 1.75. The Kier molecular flexibility index (Phi) is 5.13. The first-order valence-corrected chi connectivity index (χ1v) is 6.67.